The minimum absolute atomic E-state index is 0.0728. The Balaban J connectivity index is 1.67. The van der Waals surface area contributed by atoms with Crippen molar-refractivity contribution < 1.29 is 31.9 Å². The molecule has 1 saturated heterocycles. The molecule has 30 heavy (non-hydrogen) atoms. The summed E-state index contributed by atoms with van der Waals surface area (Å²) in [6.45, 7) is -0.0220. The van der Waals surface area contributed by atoms with E-state index in [0.717, 1.165) is 12.1 Å². The average molecular weight is 429 g/mol. The van der Waals surface area contributed by atoms with E-state index in [1.807, 2.05) is 0 Å². The maximum Gasteiger partial charge on any atom is 0.404 e. The molecule has 0 aliphatic carbocycles. The topological polar surface area (TPSA) is 64.6 Å². The molecule has 0 spiro atoms. The van der Waals surface area contributed by atoms with Crippen molar-refractivity contribution >= 4 is 23.2 Å². The summed E-state index contributed by atoms with van der Waals surface area (Å²) in [5, 5.41) is 13.7. The summed E-state index contributed by atoms with van der Waals surface area (Å²) in [6, 6.07) is 8.76. The maximum absolute atomic E-state index is 14.6. The smallest absolute Gasteiger partial charge is 0.404 e. The summed E-state index contributed by atoms with van der Waals surface area (Å²) < 4.78 is 67.5. The standard InChI is InChI=1S/C20H20F5N3O2/c21-16-9-15(27-14-3-1-12(2-4-14)11-26-19(29)30)10-17(22)18(16)28-7-5-13(6-8-28)20(23,24)25/h1-4,9-10,13,26-27H,5-8,11H2,(H,29,30). The second kappa shape index (κ2) is 8.76. The minimum atomic E-state index is -4.30. The SMILES string of the molecule is O=C(O)NCc1ccc(Nc2cc(F)c(N3CCC(C(F)(F)F)CC3)c(F)c2)cc1. The molecule has 0 saturated carbocycles. The molecule has 1 aliphatic rings. The van der Waals surface area contributed by atoms with E-state index in [9.17, 15) is 26.7 Å². The van der Waals surface area contributed by atoms with Crippen molar-refractivity contribution in [1.29, 1.82) is 0 Å². The lowest BCUT2D eigenvalue weighted by Crippen LogP contribution is -2.39. The molecular formula is C20H20F5N3O2. The second-order valence-corrected chi connectivity index (χ2v) is 7.07. The van der Waals surface area contributed by atoms with E-state index in [-0.39, 0.29) is 43.9 Å². The molecule has 1 aliphatic heterocycles. The number of hydrogen-bond donors (Lipinski definition) is 3. The third kappa shape index (κ3) is 5.31. The van der Waals surface area contributed by atoms with Gasteiger partial charge in [-0.1, -0.05) is 12.1 Å². The first-order valence-corrected chi connectivity index (χ1v) is 9.27. The highest BCUT2D eigenvalue weighted by molar-refractivity contribution is 5.65. The van der Waals surface area contributed by atoms with Crippen LogP contribution in [0.4, 0.5) is 43.8 Å². The highest BCUT2D eigenvalue weighted by Crippen LogP contribution is 2.37. The van der Waals surface area contributed by atoms with Crippen molar-refractivity contribution in [2.24, 2.45) is 5.92 Å². The van der Waals surface area contributed by atoms with Gasteiger partial charge in [0, 0.05) is 31.0 Å². The van der Waals surface area contributed by atoms with E-state index >= 15 is 0 Å². The summed E-state index contributed by atoms with van der Waals surface area (Å²) in [5.74, 6) is -3.16. The van der Waals surface area contributed by atoms with Crippen LogP contribution in [-0.4, -0.2) is 30.5 Å². The van der Waals surface area contributed by atoms with Gasteiger partial charge >= 0.3 is 12.3 Å². The van der Waals surface area contributed by atoms with Crippen LogP contribution in [0, 0.1) is 17.6 Å². The molecule has 0 unspecified atom stereocenters. The van der Waals surface area contributed by atoms with Crippen LogP contribution in [0.3, 0.4) is 0 Å². The number of carbonyl (C=O) groups is 1. The molecule has 3 N–H and O–H groups in total. The molecule has 1 fully saturated rings. The molecule has 0 aromatic heterocycles. The number of nitrogens with zero attached hydrogens (tertiary/aromatic N) is 1. The Morgan fingerprint density at radius 3 is 2.10 bits per heavy atom. The summed E-state index contributed by atoms with van der Waals surface area (Å²) in [4.78, 5) is 11.8. The number of benzene rings is 2. The van der Waals surface area contributed by atoms with Gasteiger partial charge in [0.25, 0.3) is 0 Å². The minimum Gasteiger partial charge on any atom is -0.465 e. The maximum atomic E-state index is 14.6. The molecule has 10 heteroatoms. The second-order valence-electron chi connectivity index (χ2n) is 7.07. The van der Waals surface area contributed by atoms with E-state index in [1.165, 1.54) is 4.90 Å². The van der Waals surface area contributed by atoms with Crippen molar-refractivity contribution in [3.05, 3.63) is 53.6 Å². The summed E-state index contributed by atoms with van der Waals surface area (Å²) >= 11 is 0. The van der Waals surface area contributed by atoms with Gasteiger partial charge in [0.05, 0.1) is 5.92 Å². The quantitative estimate of drug-likeness (QED) is 0.568. The Kier molecular flexibility index (Phi) is 6.33. The zero-order valence-corrected chi connectivity index (χ0v) is 15.8. The van der Waals surface area contributed by atoms with Gasteiger partial charge in [-0.2, -0.15) is 13.2 Å². The number of rotatable bonds is 5. The van der Waals surface area contributed by atoms with E-state index < -0.39 is 29.8 Å². The van der Waals surface area contributed by atoms with Gasteiger partial charge in [0.15, 0.2) is 11.6 Å². The van der Waals surface area contributed by atoms with Gasteiger partial charge in [-0.05, 0) is 42.7 Å². The summed E-state index contributed by atoms with van der Waals surface area (Å²) in [5.41, 5.74) is 1.07. The molecular weight excluding hydrogens is 409 g/mol. The molecule has 2 aromatic rings. The van der Waals surface area contributed by atoms with Gasteiger partial charge in [-0.25, -0.2) is 13.6 Å². The third-order valence-corrected chi connectivity index (χ3v) is 4.98. The predicted octanol–water partition coefficient (Wildman–Crippen LogP) is 5.25. The number of anilines is 3. The summed E-state index contributed by atoms with van der Waals surface area (Å²) in [6.07, 6.45) is -5.85. The molecule has 162 valence electrons. The van der Waals surface area contributed by atoms with Crippen LogP contribution < -0.4 is 15.5 Å². The third-order valence-electron chi connectivity index (χ3n) is 4.98. The van der Waals surface area contributed by atoms with Crippen LogP contribution in [-0.2, 0) is 6.54 Å². The highest BCUT2D eigenvalue weighted by atomic mass is 19.4. The van der Waals surface area contributed by atoms with Crippen LogP contribution in [0.1, 0.15) is 18.4 Å². The van der Waals surface area contributed by atoms with E-state index in [0.29, 0.717) is 11.3 Å². The molecule has 0 bridgehead atoms. The normalized spacial score (nSPS) is 15.2. The highest BCUT2D eigenvalue weighted by Gasteiger charge is 2.41. The monoisotopic (exact) mass is 429 g/mol. The van der Waals surface area contributed by atoms with Crippen molar-refractivity contribution in [3.63, 3.8) is 0 Å². The first-order chi connectivity index (χ1) is 14.1. The van der Waals surface area contributed by atoms with Crippen LogP contribution >= 0.6 is 0 Å². The number of alkyl halides is 3. The van der Waals surface area contributed by atoms with Crippen LogP contribution in [0.15, 0.2) is 36.4 Å². The molecule has 0 atom stereocenters. The predicted molar refractivity (Wildman–Crippen MR) is 102 cm³/mol. The van der Waals surface area contributed by atoms with E-state index in [4.69, 9.17) is 5.11 Å². The number of carboxylic acid groups (broad SMARTS) is 1. The molecule has 1 amide bonds. The first-order valence-electron chi connectivity index (χ1n) is 9.27. The number of hydrogen-bond acceptors (Lipinski definition) is 3. The van der Waals surface area contributed by atoms with Gasteiger partial charge in [0.2, 0.25) is 0 Å². The van der Waals surface area contributed by atoms with Crippen molar-refractivity contribution in [2.75, 3.05) is 23.3 Å². The van der Waals surface area contributed by atoms with Gasteiger partial charge in [-0.3, -0.25) is 0 Å². The number of piperidine rings is 1. The lowest BCUT2D eigenvalue weighted by molar-refractivity contribution is -0.179. The van der Waals surface area contributed by atoms with Gasteiger partial charge < -0.3 is 20.6 Å². The van der Waals surface area contributed by atoms with Crippen LogP contribution in [0.5, 0.6) is 0 Å². The summed E-state index contributed by atoms with van der Waals surface area (Å²) in [7, 11) is 0. The fourth-order valence-corrected chi connectivity index (χ4v) is 3.42. The van der Waals surface area contributed by atoms with Crippen molar-refractivity contribution in [2.45, 2.75) is 25.6 Å². The molecule has 3 rings (SSSR count). The zero-order valence-electron chi connectivity index (χ0n) is 15.8. The Hall–Kier alpha value is -3.04. The molecule has 2 aromatic carbocycles. The molecule has 5 nitrogen and oxygen atoms in total. The molecule has 0 radical (unpaired) electrons. The number of nitrogens with one attached hydrogen (secondary N) is 2. The lowest BCUT2D eigenvalue weighted by Gasteiger charge is -2.34. The van der Waals surface area contributed by atoms with Crippen molar-refractivity contribution in [3.8, 4) is 0 Å². The van der Waals surface area contributed by atoms with Gasteiger partial charge in [0.1, 0.15) is 5.69 Å². The van der Waals surface area contributed by atoms with E-state index in [1.54, 1.807) is 24.3 Å². The number of halogens is 5. The van der Waals surface area contributed by atoms with Crippen molar-refractivity contribution in [1.82, 2.24) is 5.32 Å². The average Bonchev–Trinajstić information content (AvgIpc) is 2.66. The fraction of sp³-hybridized carbons (Fsp3) is 0.350. The van der Waals surface area contributed by atoms with Gasteiger partial charge in [-0.15, -0.1) is 0 Å². The Bertz CT molecular complexity index is 871. The largest absolute Gasteiger partial charge is 0.465 e. The number of amides is 1. The van der Waals surface area contributed by atoms with Crippen LogP contribution in [0.25, 0.3) is 0 Å². The van der Waals surface area contributed by atoms with Crippen LogP contribution in [0.2, 0.25) is 0 Å². The Morgan fingerprint density at radius 1 is 1.03 bits per heavy atom. The molecule has 1 heterocycles. The lowest BCUT2D eigenvalue weighted by atomic mass is 9.96. The fourth-order valence-electron chi connectivity index (χ4n) is 3.42. The first kappa shape index (κ1) is 21.7. The Labute approximate surface area is 169 Å². The Morgan fingerprint density at radius 2 is 1.60 bits per heavy atom. The van der Waals surface area contributed by atoms with E-state index in [2.05, 4.69) is 10.6 Å². The zero-order chi connectivity index (χ0) is 21.9.